The molecule has 4 N–H and O–H groups in total. The van der Waals surface area contributed by atoms with Crippen molar-refractivity contribution < 1.29 is 13.9 Å². The monoisotopic (exact) mass is 440 g/mol. The van der Waals surface area contributed by atoms with Crippen LogP contribution in [0, 0.1) is 22.6 Å². The zero-order chi connectivity index (χ0) is 23.4. The summed E-state index contributed by atoms with van der Waals surface area (Å²) in [4.78, 5) is 21.4. The van der Waals surface area contributed by atoms with Crippen LogP contribution in [0.2, 0.25) is 0 Å². The van der Waals surface area contributed by atoms with Crippen LogP contribution in [0.25, 0.3) is 0 Å². The molecular weight excluding hydrogens is 423 g/mol. The van der Waals surface area contributed by atoms with Crippen LogP contribution in [0.4, 0.5) is 10.1 Å². The second-order valence-corrected chi connectivity index (χ2v) is 6.98. The normalized spacial score (nSPS) is 15.4. The van der Waals surface area contributed by atoms with Gasteiger partial charge in [0.05, 0.1) is 23.0 Å². The summed E-state index contributed by atoms with van der Waals surface area (Å²) in [5, 5.41) is 20.0. The van der Waals surface area contributed by atoms with E-state index in [1.54, 1.807) is 48.5 Å². The van der Waals surface area contributed by atoms with Crippen LogP contribution in [-0.4, -0.2) is 29.7 Å². The van der Waals surface area contributed by atoms with E-state index in [-0.39, 0.29) is 11.5 Å². The van der Waals surface area contributed by atoms with Gasteiger partial charge in [0, 0.05) is 16.7 Å². The Kier molecular flexibility index (Phi) is 5.91. The minimum absolute atomic E-state index is 0.282. The molecule has 8 nitrogen and oxygen atoms in total. The van der Waals surface area contributed by atoms with Gasteiger partial charge in [-0.1, -0.05) is 30.3 Å². The third-order valence-electron chi connectivity index (χ3n) is 4.75. The average molecular weight is 440 g/mol. The van der Waals surface area contributed by atoms with Crippen molar-refractivity contribution in [2.24, 2.45) is 15.7 Å². The molecule has 4 rings (SSSR count). The second-order valence-electron chi connectivity index (χ2n) is 6.98. The lowest BCUT2D eigenvalue weighted by molar-refractivity contribution is -0.117. The van der Waals surface area contributed by atoms with Crippen LogP contribution in [0.15, 0.2) is 82.8 Å². The van der Waals surface area contributed by atoms with Gasteiger partial charge in [0.15, 0.2) is 0 Å². The average Bonchev–Trinajstić information content (AvgIpc) is 2.95. The second kappa shape index (κ2) is 9.11. The highest BCUT2D eigenvalue weighted by Gasteiger charge is 2.26. The Hall–Kier alpha value is -4.84. The topological polar surface area (TPSA) is 137 Å². The largest absolute Gasteiger partial charge is 0.407 e. The zero-order valence-corrected chi connectivity index (χ0v) is 17.1. The molecule has 3 aromatic carbocycles. The summed E-state index contributed by atoms with van der Waals surface area (Å²) in [6.45, 7) is 0. The van der Waals surface area contributed by atoms with Crippen molar-refractivity contribution in [2.75, 3.05) is 5.32 Å². The molecule has 0 aromatic heterocycles. The number of nitriles is 1. The lowest BCUT2D eigenvalue weighted by atomic mass is 9.99. The van der Waals surface area contributed by atoms with E-state index in [4.69, 9.17) is 15.9 Å². The number of nitrogens with zero attached hydrogens (tertiary/aromatic N) is 3. The van der Waals surface area contributed by atoms with Crippen molar-refractivity contribution in [3.63, 3.8) is 0 Å². The smallest absolute Gasteiger partial charge is 0.291 e. The van der Waals surface area contributed by atoms with E-state index < -0.39 is 23.9 Å². The van der Waals surface area contributed by atoms with E-state index in [1.165, 1.54) is 24.3 Å². The van der Waals surface area contributed by atoms with Crippen molar-refractivity contribution in [3.05, 3.63) is 101 Å². The van der Waals surface area contributed by atoms with Crippen LogP contribution in [0.1, 0.15) is 22.3 Å². The van der Waals surface area contributed by atoms with Crippen molar-refractivity contribution in [2.45, 2.75) is 6.17 Å². The molecule has 0 fully saturated rings. The van der Waals surface area contributed by atoms with E-state index in [1.807, 2.05) is 0 Å². The van der Waals surface area contributed by atoms with Gasteiger partial charge >= 0.3 is 0 Å². The molecule has 3 aromatic rings. The Bertz CT molecular complexity index is 1340. The number of aliphatic imine (C=N–C) groups is 2. The van der Waals surface area contributed by atoms with Gasteiger partial charge < -0.3 is 15.8 Å². The number of carbonyl (C=O) groups excluding carboxylic acids is 1. The predicted octanol–water partition coefficient (Wildman–Crippen LogP) is 3.17. The molecule has 0 radical (unpaired) electrons. The summed E-state index contributed by atoms with van der Waals surface area (Å²) in [5.74, 6) is -1.36. The van der Waals surface area contributed by atoms with Gasteiger partial charge in [0.2, 0.25) is 12.1 Å². The molecule has 1 atom stereocenters. The minimum Gasteiger partial charge on any atom is -0.407 e. The zero-order valence-electron chi connectivity index (χ0n) is 17.1. The summed E-state index contributed by atoms with van der Waals surface area (Å²) in [6, 6.07) is 20.6. The van der Waals surface area contributed by atoms with Crippen LogP contribution in [-0.2, 0) is 9.53 Å². The third kappa shape index (κ3) is 4.75. The summed E-state index contributed by atoms with van der Waals surface area (Å²) >= 11 is 0. The highest BCUT2D eigenvalue weighted by atomic mass is 19.1. The summed E-state index contributed by atoms with van der Waals surface area (Å²) in [6.07, 6.45) is -1.31. The quantitative estimate of drug-likeness (QED) is 0.425. The number of rotatable bonds is 3. The molecule has 0 saturated heterocycles. The molecule has 0 spiro atoms. The van der Waals surface area contributed by atoms with Crippen molar-refractivity contribution in [1.82, 2.24) is 0 Å². The first-order valence-electron chi connectivity index (χ1n) is 9.79. The number of benzene rings is 3. The number of carbonyl (C=O) groups is 1. The summed E-state index contributed by atoms with van der Waals surface area (Å²) in [5.41, 5.74) is 8.80. The molecule has 9 heteroatoms. The Labute approximate surface area is 188 Å². The van der Waals surface area contributed by atoms with Gasteiger partial charge in [0.1, 0.15) is 5.82 Å². The maximum atomic E-state index is 13.1. The van der Waals surface area contributed by atoms with E-state index in [0.717, 1.165) is 0 Å². The van der Waals surface area contributed by atoms with E-state index in [2.05, 4.69) is 21.4 Å². The minimum atomic E-state index is -1.31. The maximum Gasteiger partial charge on any atom is 0.291 e. The molecule has 1 unspecified atom stereocenters. The fraction of sp³-hybridized carbons (Fsp3) is 0.0417. The van der Waals surface area contributed by atoms with Crippen LogP contribution in [0.3, 0.4) is 0 Å². The molecular formula is C24H17FN6O2. The van der Waals surface area contributed by atoms with Crippen molar-refractivity contribution >= 4 is 29.2 Å². The molecule has 33 heavy (non-hydrogen) atoms. The number of amides is 1. The summed E-state index contributed by atoms with van der Waals surface area (Å²) < 4.78 is 18.3. The fourth-order valence-corrected chi connectivity index (χ4v) is 3.21. The van der Waals surface area contributed by atoms with E-state index >= 15 is 0 Å². The number of halogens is 1. The number of fused-ring (bicyclic) bond motifs is 1. The number of hydrogen-bond donors (Lipinski definition) is 3. The van der Waals surface area contributed by atoms with Crippen LogP contribution in [0.5, 0.6) is 0 Å². The number of benzodiazepines with no additional fused rings is 1. The molecule has 162 valence electrons. The number of nitrogens with one attached hydrogen (secondary N) is 2. The maximum absolute atomic E-state index is 13.1. The van der Waals surface area contributed by atoms with Gasteiger partial charge in [-0.2, -0.15) is 10.3 Å². The lowest BCUT2D eigenvalue weighted by Crippen LogP contribution is -2.29. The lowest BCUT2D eigenvalue weighted by Gasteiger charge is -2.10. The first-order chi connectivity index (χ1) is 15.9. The standard InChI is InChI=1S/C24H17FN6O2/c25-17-10-8-15(9-11-17)21(27)33-24(28)31-22-23(32)29-19-7-2-1-6-18(19)20(30-22)16-5-3-4-14(12-16)13-26/h1-12,22,27H,(H2,28,31)(H,29,32). The third-order valence-corrected chi connectivity index (χ3v) is 4.75. The fourth-order valence-electron chi connectivity index (χ4n) is 3.21. The first kappa shape index (κ1) is 21.4. The number of nitrogens with two attached hydrogens (primary N) is 1. The highest BCUT2D eigenvalue weighted by molar-refractivity contribution is 6.19. The van der Waals surface area contributed by atoms with E-state index in [0.29, 0.717) is 28.1 Å². The Morgan fingerprint density at radius 3 is 2.67 bits per heavy atom. The Morgan fingerprint density at radius 2 is 1.91 bits per heavy atom. The predicted molar refractivity (Wildman–Crippen MR) is 122 cm³/mol. The Morgan fingerprint density at radius 1 is 1.15 bits per heavy atom. The van der Waals surface area contributed by atoms with Gasteiger partial charge in [-0.15, -0.1) is 0 Å². The van der Waals surface area contributed by atoms with Gasteiger partial charge in [-0.05, 0) is 42.5 Å². The van der Waals surface area contributed by atoms with Crippen LogP contribution >= 0.6 is 0 Å². The molecule has 1 heterocycles. The van der Waals surface area contributed by atoms with Gasteiger partial charge in [-0.25, -0.2) is 9.38 Å². The van der Waals surface area contributed by atoms with E-state index in [9.17, 15) is 14.4 Å². The SMILES string of the molecule is N#Cc1cccc(C2=NC(/N=C(\N)OC(=N)c3ccc(F)cc3)C(=O)Nc3ccccc32)c1. The van der Waals surface area contributed by atoms with Crippen LogP contribution < -0.4 is 11.1 Å². The molecule has 1 aliphatic heterocycles. The Balaban J connectivity index is 1.70. The molecule has 0 aliphatic carbocycles. The van der Waals surface area contributed by atoms with Crippen molar-refractivity contribution in [1.29, 1.82) is 10.7 Å². The molecule has 1 aliphatic rings. The number of anilines is 1. The highest BCUT2D eigenvalue weighted by Crippen LogP contribution is 2.25. The van der Waals surface area contributed by atoms with Gasteiger partial charge in [0.25, 0.3) is 11.9 Å². The summed E-state index contributed by atoms with van der Waals surface area (Å²) in [7, 11) is 0. The van der Waals surface area contributed by atoms with Gasteiger partial charge in [-0.3, -0.25) is 10.2 Å². The number of ether oxygens (including phenoxy) is 1. The molecule has 0 bridgehead atoms. The number of hydrogen-bond acceptors (Lipinski definition) is 6. The first-order valence-corrected chi connectivity index (χ1v) is 9.79. The molecule has 0 saturated carbocycles. The number of amidine groups is 1. The molecule has 1 amide bonds. The van der Waals surface area contributed by atoms with Crippen molar-refractivity contribution in [3.8, 4) is 6.07 Å². The number of para-hydroxylation sites is 1.